The Kier molecular flexibility index (Phi) is 6.28. The van der Waals surface area contributed by atoms with Gasteiger partial charge in [-0.15, -0.1) is 0 Å². The van der Waals surface area contributed by atoms with Gasteiger partial charge in [0.15, 0.2) is 0 Å². The molecule has 6 heteroatoms. The van der Waals surface area contributed by atoms with Crippen LogP contribution in [0.4, 0.5) is 0 Å². The fourth-order valence-electron chi connectivity index (χ4n) is 3.89. The molecule has 0 spiro atoms. The third-order valence-corrected chi connectivity index (χ3v) is 5.51. The number of nitrogens with zero attached hydrogens (tertiary/aromatic N) is 3. The van der Waals surface area contributed by atoms with E-state index in [0.29, 0.717) is 12.6 Å². The summed E-state index contributed by atoms with van der Waals surface area (Å²) in [5, 5.41) is 0. The average Bonchev–Trinajstić information content (AvgIpc) is 3.06. The van der Waals surface area contributed by atoms with Crippen LogP contribution >= 0.6 is 0 Å². The first-order chi connectivity index (χ1) is 11.2. The second kappa shape index (κ2) is 8.42. The van der Waals surface area contributed by atoms with E-state index in [1.807, 2.05) is 0 Å². The van der Waals surface area contributed by atoms with Crippen LogP contribution < -0.4 is 0 Å². The topological polar surface area (TPSA) is 45.2 Å². The minimum absolute atomic E-state index is 0.00804. The van der Waals surface area contributed by atoms with Gasteiger partial charge in [0.25, 0.3) is 0 Å². The molecule has 6 nitrogen and oxygen atoms in total. The summed E-state index contributed by atoms with van der Waals surface area (Å²) in [6, 6.07) is 0.664. The highest BCUT2D eigenvalue weighted by molar-refractivity contribution is 5.73. The van der Waals surface area contributed by atoms with Crippen molar-refractivity contribution in [2.75, 3.05) is 72.7 Å². The van der Waals surface area contributed by atoms with Crippen LogP contribution in [0.2, 0.25) is 0 Å². The predicted molar refractivity (Wildman–Crippen MR) is 88.4 cm³/mol. The number of hydrogen-bond acceptors (Lipinski definition) is 6. The van der Waals surface area contributed by atoms with Crippen molar-refractivity contribution in [3.63, 3.8) is 0 Å². The lowest BCUT2D eigenvalue weighted by Crippen LogP contribution is -2.43. The van der Waals surface area contributed by atoms with Crippen molar-refractivity contribution in [2.24, 2.45) is 5.92 Å². The predicted octanol–water partition coefficient (Wildman–Crippen LogP) is 0.278. The minimum Gasteiger partial charge on any atom is -0.464 e. The minimum atomic E-state index is 0.00804. The molecule has 1 atom stereocenters. The third kappa shape index (κ3) is 4.89. The fraction of sp³-hybridized carbons (Fsp3) is 0.941. The maximum Gasteiger partial charge on any atom is 0.310 e. The molecular formula is C17H31N3O3. The van der Waals surface area contributed by atoms with Crippen molar-refractivity contribution < 1.29 is 14.3 Å². The van der Waals surface area contributed by atoms with Crippen LogP contribution in [-0.2, 0) is 14.3 Å². The summed E-state index contributed by atoms with van der Waals surface area (Å²) in [7, 11) is 2.19. The number of hydrogen-bond donors (Lipinski definition) is 0. The van der Waals surface area contributed by atoms with Crippen LogP contribution in [-0.4, -0.2) is 99.4 Å². The number of piperidine rings is 1. The van der Waals surface area contributed by atoms with Crippen molar-refractivity contribution in [3.05, 3.63) is 0 Å². The van der Waals surface area contributed by atoms with Crippen molar-refractivity contribution in [1.29, 1.82) is 0 Å². The molecule has 23 heavy (non-hydrogen) atoms. The largest absolute Gasteiger partial charge is 0.464 e. The molecule has 3 heterocycles. The fourth-order valence-corrected chi connectivity index (χ4v) is 3.89. The first kappa shape index (κ1) is 17.1. The SMILES string of the molecule is CN1CCC(N2CCC(C(=O)OCCN3CCOCC3)C2)CC1. The van der Waals surface area contributed by atoms with E-state index >= 15 is 0 Å². The van der Waals surface area contributed by atoms with Gasteiger partial charge < -0.3 is 14.4 Å². The molecule has 3 aliphatic rings. The van der Waals surface area contributed by atoms with Crippen molar-refractivity contribution in [2.45, 2.75) is 25.3 Å². The molecule has 0 saturated carbocycles. The van der Waals surface area contributed by atoms with E-state index in [4.69, 9.17) is 9.47 Å². The lowest BCUT2D eigenvalue weighted by atomic mass is 10.0. The number of esters is 1. The maximum atomic E-state index is 12.3. The molecule has 0 bridgehead atoms. The zero-order valence-corrected chi connectivity index (χ0v) is 14.4. The van der Waals surface area contributed by atoms with E-state index in [-0.39, 0.29) is 11.9 Å². The van der Waals surface area contributed by atoms with Gasteiger partial charge >= 0.3 is 5.97 Å². The number of carbonyl (C=O) groups excluding carboxylic acids is 1. The Balaban J connectivity index is 1.34. The van der Waals surface area contributed by atoms with Gasteiger partial charge in [-0.05, 0) is 45.9 Å². The molecule has 0 aromatic heterocycles. The van der Waals surface area contributed by atoms with Gasteiger partial charge in [0, 0.05) is 32.2 Å². The highest BCUT2D eigenvalue weighted by atomic mass is 16.5. The first-order valence-electron chi connectivity index (χ1n) is 9.11. The number of carbonyl (C=O) groups is 1. The van der Waals surface area contributed by atoms with E-state index in [1.54, 1.807) is 0 Å². The Labute approximate surface area is 139 Å². The van der Waals surface area contributed by atoms with Crippen LogP contribution in [0.5, 0.6) is 0 Å². The Morgan fingerprint density at radius 3 is 2.57 bits per heavy atom. The van der Waals surface area contributed by atoms with Crippen LogP contribution in [0.3, 0.4) is 0 Å². The summed E-state index contributed by atoms with van der Waals surface area (Å²) in [4.78, 5) is 19.5. The molecule has 3 saturated heterocycles. The smallest absolute Gasteiger partial charge is 0.310 e. The molecule has 3 aliphatic heterocycles. The molecule has 0 amide bonds. The van der Waals surface area contributed by atoms with Gasteiger partial charge in [-0.3, -0.25) is 14.6 Å². The zero-order chi connectivity index (χ0) is 16.1. The normalized spacial score (nSPS) is 29.0. The van der Waals surface area contributed by atoms with Gasteiger partial charge in [0.1, 0.15) is 6.61 Å². The summed E-state index contributed by atoms with van der Waals surface area (Å²) in [6.07, 6.45) is 3.42. The lowest BCUT2D eigenvalue weighted by molar-refractivity contribution is -0.148. The summed E-state index contributed by atoms with van der Waals surface area (Å²) >= 11 is 0. The summed E-state index contributed by atoms with van der Waals surface area (Å²) in [6.45, 7) is 9.14. The van der Waals surface area contributed by atoms with Crippen molar-refractivity contribution >= 4 is 5.97 Å². The molecule has 0 aromatic rings. The average molecular weight is 325 g/mol. The molecule has 0 radical (unpaired) electrons. The number of morpholine rings is 1. The van der Waals surface area contributed by atoms with E-state index in [0.717, 1.165) is 52.4 Å². The van der Waals surface area contributed by atoms with Crippen LogP contribution in [0.25, 0.3) is 0 Å². The molecule has 0 aliphatic carbocycles. The third-order valence-electron chi connectivity index (χ3n) is 5.51. The highest BCUT2D eigenvalue weighted by Gasteiger charge is 2.34. The monoisotopic (exact) mass is 325 g/mol. The molecule has 3 rings (SSSR count). The van der Waals surface area contributed by atoms with Crippen LogP contribution in [0.1, 0.15) is 19.3 Å². The Bertz CT molecular complexity index is 379. The highest BCUT2D eigenvalue weighted by Crippen LogP contribution is 2.24. The second-order valence-corrected chi connectivity index (χ2v) is 7.14. The molecule has 3 fully saturated rings. The van der Waals surface area contributed by atoms with E-state index in [9.17, 15) is 4.79 Å². The molecule has 132 valence electrons. The van der Waals surface area contributed by atoms with Gasteiger partial charge in [-0.1, -0.05) is 0 Å². The Morgan fingerprint density at radius 2 is 1.83 bits per heavy atom. The zero-order valence-electron chi connectivity index (χ0n) is 14.4. The molecular weight excluding hydrogens is 294 g/mol. The number of likely N-dealkylation sites (tertiary alicyclic amines) is 2. The quantitative estimate of drug-likeness (QED) is 0.677. The molecule has 0 N–H and O–H groups in total. The second-order valence-electron chi connectivity index (χ2n) is 7.14. The first-order valence-corrected chi connectivity index (χ1v) is 9.11. The van der Waals surface area contributed by atoms with Crippen molar-refractivity contribution in [3.8, 4) is 0 Å². The van der Waals surface area contributed by atoms with E-state index < -0.39 is 0 Å². The van der Waals surface area contributed by atoms with Gasteiger partial charge in [-0.2, -0.15) is 0 Å². The summed E-state index contributed by atoms with van der Waals surface area (Å²) in [5.74, 6) is 0.0908. The van der Waals surface area contributed by atoms with E-state index in [1.165, 1.54) is 25.9 Å². The molecule has 0 aromatic carbocycles. The number of ether oxygens (including phenoxy) is 2. The van der Waals surface area contributed by atoms with Crippen LogP contribution in [0, 0.1) is 5.92 Å². The summed E-state index contributed by atoms with van der Waals surface area (Å²) in [5.41, 5.74) is 0. The lowest BCUT2D eigenvalue weighted by Gasteiger charge is -2.35. The molecule has 1 unspecified atom stereocenters. The van der Waals surface area contributed by atoms with Gasteiger partial charge in [-0.25, -0.2) is 0 Å². The van der Waals surface area contributed by atoms with Crippen LogP contribution in [0.15, 0.2) is 0 Å². The van der Waals surface area contributed by atoms with Gasteiger partial charge in [0.05, 0.1) is 19.1 Å². The summed E-state index contributed by atoms with van der Waals surface area (Å²) < 4.78 is 10.9. The van der Waals surface area contributed by atoms with Gasteiger partial charge in [0.2, 0.25) is 0 Å². The standard InChI is InChI=1S/C17H31N3O3/c1-18-5-3-16(4-6-18)20-7-2-15(14-20)17(21)23-13-10-19-8-11-22-12-9-19/h15-16H,2-14H2,1H3. The number of rotatable bonds is 5. The van der Waals surface area contributed by atoms with E-state index in [2.05, 4.69) is 21.7 Å². The maximum absolute atomic E-state index is 12.3. The van der Waals surface area contributed by atoms with Crippen molar-refractivity contribution in [1.82, 2.24) is 14.7 Å². The Hall–Kier alpha value is -0.690. The Morgan fingerprint density at radius 1 is 1.09 bits per heavy atom.